The number of likely N-dealkylation sites (tertiary alicyclic amines) is 1. The van der Waals surface area contributed by atoms with Crippen molar-refractivity contribution in [2.24, 2.45) is 0 Å². The number of aliphatic hydroxyl groups is 1. The second-order valence-electron chi connectivity index (χ2n) is 5.15. The first-order valence-electron chi connectivity index (χ1n) is 7.21. The number of nitrogens with zero attached hydrogens (tertiary/aromatic N) is 2. The lowest BCUT2D eigenvalue weighted by Crippen LogP contribution is -2.37. The molecule has 1 aromatic rings. The van der Waals surface area contributed by atoms with Crippen molar-refractivity contribution in [1.29, 1.82) is 0 Å². The molecule has 0 radical (unpaired) electrons. The highest BCUT2D eigenvalue weighted by Gasteiger charge is 2.23. The maximum Gasteiger partial charge on any atom is 0.183 e. The Labute approximate surface area is 120 Å². The van der Waals surface area contributed by atoms with Gasteiger partial charge in [0.25, 0.3) is 0 Å². The summed E-state index contributed by atoms with van der Waals surface area (Å²) in [5.74, 6) is 1.39. The molecule has 20 heavy (non-hydrogen) atoms. The van der Waals surface area contributed by atoms with Gasteiger partial charge >= 0.3 is 0 Å². The summed E-state index contributed by atoms with van der Waals surface area (Å²) in [4.78, 5) is 6.73. The molecule has 2 rings (SSSR count). The van der Waals surface area contributed by atoms with Gasteiger partial charge < -0.3 is 14.6 Å². The van der Waals surface area contributed by atoms with Crippen LogP contribution in [0.3, 0.4) is 0 Å². The molecule has 112 valence electrons. The minimum atomic E-state index is 0.201. The van der Waals surface area contributed by atoms with Crippen molar-refractivity contribution >= 4 is 0 Å². The van der Waals surface area contributed by atoms with Crippen molar-refractivity contribution in [3.05, 3.63) is 18.0 Å². The van der Waals surface area contributed by atoms with Crippen LogP contribution >= 0.6 is 0 Å². The molecule has 5 heteroatoms. The van der Waals surface area contributed by atoms with Crippen molar-refractivity contribution in [2.45, 2.75) is 38.3 Å². The molecule has 1 aliphatic rings. The topological polar surface area (TPSA) is 54.8 Å². The first kappa shape index (κ1) is 15.1. The van der Waals surface area contributed by atoms with Crippen molar-refractivity contribution in [1.82, 2.24) is 9.88 Å². The van der Waals surface area contributed by atoms with Gasteiger partial charge in [-0.2, -0.15) is 0 Å². The van der Waals surface area contributed by atoms with Crippen molar-refractivity contribution in [3.8, 4) is 11.5 Å². The van der Waals surface area contributed by atoms with E-state index in [9.17, 15) is 5.11 Å². The molecule has 1 aliphatic heterocycles. The van der Waals surface area contributed by atoms with E-state index < -0.39 is 0 Å². The third kappa shape index (κ3) is 3.41. The van der Waals surface area contributed by atoms with Crippen LogP contribution in [0, 0.1) is 0 Å². The number of hydrogen-bond acceptors (Lipinski definition) is 5. The van der Waals surface area contributed by atoms with Crippen LogP contribution in [-0.4, -0.2) is 48.4 Å². The van der Waals surface area contributed by atoms with Gasteiger partial charge in [-0.3, -0.25) is 9.88 Å². The van der Waals surface area contributed by atoms with E-state index in [4.69, 9.17) is 9.47 Å². The van der Waals surface area contributed by atoms with Crippen LogP contribution in [-0.2, 0) is 6.54 Å². The highest BCUT2D eigenvalue weighted by atomic mass is 16.5. The quantitative estimate of drug-likeness (QED) is 0.892. The molecule has 1 N–H and O–H groups in total. The Hall–Kier alpha value is -1.33. The van der Waals surface area contributed by atoms with Crippen molar-refractivity contribution < 1.29 is 14.6 Å². The smallest absolute Gasteiger partial charge is 0.183 e. The predicted molar refractivity (Wildman–Crippen MR) is 77.1 cm³/mol. The molecular formula is C15H24N2O3. The lowest BCUT2D eigenvalue weighted by Gasteiger charge is -2.28. The zero-order chi connectivity index (χ0) is 14.4. The molecule has 1 atom stereocenters. The first-order valence-corrected chi connectivity index (χ1v) is 7.21. The Kier molecular flexibility index (Phi) is 5.61. The van der Waals surface area contributed by atoms with Crippen LogP contribution in [0.15, 0.2) is 12.3 Å². The molecule has 5 nitrogen and oxygen atoms in total. The van der Waals surface area contributed by atoms with Gasteiger partial charge in [-0.05, 0) is 19.4 Å². The Morgan fingerprint density at radius 1 is 1.30 bits per heavy atom. The number of aliphatic hydroxyl groups excluding tert-OH is 1. The minimum Gasteiger partial charge on any atom is -0.493 e. The lowest BCUT2D eigenvalue weighted by atomic mass is 10.1. The number of hydrogen-bond donors (Lipinski definition) is 1. The molecule has 0 saturated carbocycles. The van der Waals surface area contributed by atoms with E-state index in [0.717, 1.165) is 18.7 Å². The molecule has 0 bridgehead atoms. The summed E-state index contributed by atoms with van der Waals surface area (Å²) >= 11 is 0. The molecule has 0 spiro atoms. The van der Waals surface area contributed by atoms with Gasteiger partial charge in [0, 0.05) is 24.8 Å². The van der Waals surface area contributed by atoms with Crippen molar-refractivity contribution in [2.75, 3.05) is 27.4 Å². The molecule has 1 fully saturated rings. The van der Waals surface area contributed by atoms with Gasteiger partial charge in [-0.1, -0.05) is 12.8 Å². The fraction of sp³-hybridized carbons (Fsp3) is 0.667. The van der Waals surface area contributed by atoms with E-state index in [1.807, 2.05) is 0 Å². The zero-order valence-corrected chi connectivity index (χ0v) is 12.3. The largest absolute Gasteiger partial charge is 0.493 e. The summed E-state index contributed by atoms with van der Waals surface area (Å²) < 4.78 is 10.7. The van der Waals surface area contributed by atoms with Gasteiger partial charge in [-0.25, -0.2) is 0 Å². The molecular weight excluding hydrogens is 256 g/mol. The summed E-state index contributed by atoms with van der Waals surface area (Å²) in [5.41, 5.74) is 0.868. The van der Waals surface area contributed by atoms with Crippen LogP contribution in [0.4, 0.5) is 0 Å². The molecule has 1 aromatic heterocycles. The normalized spacial score (nSPS) is 20.4. The van der Waals surface area contributed by atoms with Crippen LogP contribution in [0.5, 0.6) is 11.5 Å². The average Bonchev–Trinajstić information content (AvgIpc) is 2.71. The molecule has 1 unspecified atom stereocenters. The summed E-state index contributed by atoms with van der Waals surface area (Å²) in [6.07, 6.45) is 6.37. The molecule has 0 amide bonds. The SMILES string of the molecule is COc1ccnc(CN2CCCCCC2CO)c1OC. The van der Waals surface area contributed by atoms with E-state index in [1.54, 1.807) is 26.5 Å². The van der Waals surface area contributed by atoms with E-state index in [1.165, 1.54) is 19.3 Å². The fourth-order valence-electron chi connectivity index (χ4n) is 2.81. The van der Waals surface area contributed by atoms with Crippen LogP contribution in [0.2, 0.25) is 0 Å². The second kappa shape index (κ2) is 7.45. The summed E-state index contributed by atoms with van der Waals surface area (Å²) in [6, 6.07) is 2.02. The summed E-state index contributed by atoms with van der Waals surface area (Å²) in [5, 5.41) is 9.57. The van der Waals surface area contributed by atoms with Crippen LogP contribution in [0.1, 0.15) is 31.4 Å². The van der Waals surface area contributed by atoms with Crippen molar-refractivity contribution in [3.63, 3.8) is 0 Å². The third-order valence-corrected chi connectivity index (χ3v) is 3.93. The van der Waals surface area contributed by atoms with Gasteiger partial charge in [-0.15, -0.1) is 0 Å². The van der Waals surface area contributed by atoms with Gasteiger partial charge in [0.2, 0.25) is 0 Å². The van der Waals surface area contributed by atoms with Gasteiger partial charge in [0.15, 0.2) is 11.5 Å². The van der Waals surface area contributed by atoms with Crippen LogP contribution < -0.4 is 9.47 Å². The van der Waals surface area contributed by atoms with E-state index in [0.29, 0.717) is 18.0 Å². The van der Waals surface area contributed by atoms with Gasteiger partial charge in [0.05, 0.1) is 20.8 Å². The average molecular weight is 280 g/mol. The van der Waals surface area contributed by atoms with E-state index >= 15 is 0 Å². The monoisotopic (exact) mass is 280 g/mol. The summed E-state index contributed by atoms with van der Waals surface area (Å²) in [7, 11) is 3.26. The Bertz CT molecular complexity index is 426. The first-order chi connectivity index (χ1) is 9.80. The zero-order valence-electron chi connectivity index (χ0n) is 12.3. The molecule has 2 heterocycles. The maximum atomic E-state index is 9.57. The number of ether oxygens (including phenoxy) is 2. The van der Waals surface area contributed by atoms with Crippen LogP contribution in [0.25, 0.3) is 0 Å². The molecule has 0 aromatic carbocycles. The molecule has 0 aliphatic carbocycles. The number of rotatable bonds is 5. The molecule has 1 saturated heterocycles. The fourth-order valence-corrected chi connectivity index (χ4v) is 2.81. The number of pyridine rings is 1. The standard InChI is InChI=1S/C15H24N2O3/c1-19-14-7-8-16-13(15(14)20-2)10-17-9-5-3-4-6-12(17)11-18/h7-8,12,18H,3-6,9-11H2,1-2H3. The Morgan fingerprint density at radius 3 is 2.85 bits per heavy atom. The van der Waals surface area contributed by atoms with E-state index in [2.05, 4.69) is 9.88 Å². The minimum absolute atomic E-state index is 0.201. The summed E-state index contributed by atoms with van der Waals surface area (Å²) in [6.45, 7) is 1.88. The Morgan fingerprint density at radius 2 is 2.15 bits per heavy atom. The van der Waals surface area contributed by atoms with Gasteiger partial charge in [0.1, 0.15) is 5.69 Å². The highest BCUT2D eigenvalue weighted by molar-refractivity contribution is 5.42. The second-order valence-corrected chi connectivity index (χ2v) is 5.15. The number of aromatic nitrogens is 1. The maximum absolute atomic E-state index is 9.57. The predicted octanol–water partition coefficient (Wildman–Crippen LogP) is 1.84. The third-order valence-electron chi connectivity index (χ3n) is 3.93. The Balaban J connectivity index is 2.19. The van der Waals surface area contributed by atoms with E-state index in [-0.39, 0.29) is 12.6 Å². The highest BCUT2D eigenvalue weighted by Crippen LogP contribution is 2.30. The lowest BCUT2D eigenvalue weighted by molar-refractivity contribution is 0.116. The number of methoxy groups -OCH3 is 2.